The minimum absolute atomic E-state index is 0.206. The van der Waals surface area contributed by atoms with Crippen LogP contribution in [0.25, 0.3) is 0 Å². The molecule has 1 atom stereocenters. The predicted octanol–water partition coefficient (Wildman–Crippen LogP) is 4.17. The van der Waals surface area contributed by atoms with Gasteiger partial charge in [-0.2, -0.15) is 0 Å². The molecular formula is C20H24N2O2S. The summed E-state index contributed by atoms with van der Waals surface area (Å²) in [6.07, 6.45) is 1.02. The van der Waals surface area contributed by atoms with Gasteiger partial charge < -0.3 is 20.1 Å². The lowest BCUT2D eigenvalue weighted by atomic mass is 9.97. The van der Waals surface area contributed by atoms with Crippen LogP contribution in [0.5, 0.6) is 11.5 Å². The molecule has 0 radical (unpaired) electrons. The van der Waals surface area contributed by atoms with Gasteiger partial charge in [-0.05, 0) is 47.8 Å². The molecule has 0 spiro atoms. The fourth-order valence-electron chi connectivity index (χ4n) is 2.88. The standard InChI is InChI=1S/C20H24N2O2S/c1-14(2)10-17(16-6-4-3-5-7-16)22-20(25)21-12-15-8-9-18-19(11-15)24-13-23-18/h3-9,11,14,17H,10,12-13H2,1-2H3,(H2,21,22,25)/t17-/m0/s1. The highest BCUT2D eigenvalue weighted by molar-refractivity contribution is 7.80. The lowest BCUT2D eigenvalue weighted by Gasteiger charge is -2.23. The van der Waals surface area contributed by atoms with Crippen molar-refractivity contribution in [1.82, 2.24) is 10.6 Å². The topological polar surface area (TPSA) is 42.5 Å². The first-order valence-corrected chi connectivity index (χ1v) is 9.00. The first-order valence-electron chi connectivity index (χ1n) is 8.59. The first-order chi connectivity index (χ1) is 12.1. The minimum atomic E-state index is 0.206. The molecule has 5 heteroatoms. The maximum Gasteiger partial charge on any atom is 0.231 e. The Morgan fingerprint density at radius 1 is 1.08 bits per heavy atom. The van der Waals surface area contributed by atoms with Gasteiger partial charge in [-0.15, -0.1) is 0 Å². The summed E-state index contributed by atoms with van der Waals surface area (Å²) in [6.45, 7) is 5.38. The van der Waals surface area contributed by atoms with Crippen molar-refractivity contribution in [2.75, 3.05) is 6.79 Å². The van der Waals surface area contributed by atoms with Crippen LogP contribution < -0.4 is 20.1 Å². The zero-order chi connectivity index (χ0) is 17.6. The van der Waals surface area contributed by atoms with Gasteiger partial charge >= 0.3 is 0 Å². The van der Waals surface area contributed by atoms with E-state index in [1.54, 1.807) is 0 Å². The SMILES string of the molecule is CC(C)C[C@H](NC(=S)NCc1ccc2c(c1)OCO2)c1ccccc1. The van der Waals surface area contributed by atoms with E-state index < -0.39 is 0 Å². The van der Waals surface area contributed by atoms with E-state index >= 15 is 0 Å². The van der Waals surface area contributed by atoms with E-state index in [-0.39, 0.29) is 6.04 Å². The lowest BCUT2D eigenvalue weighted by Crippen LogP contribution is -2.37. The molecule has 3 rings (SSSR count). The minimum Gasteiger partial charge on any atom is -0.454 e. The molecule has 0 aliphatic carbocycles. The number of fused-ring (bicyclic) bond motifs is 1. The highest BCUT2D eigenvalue weighted by Gasteiger charge is 2.15. The molecule has 4 nitrogen and oxygen atoms in total. The molecule has 0 unspecified atom stereocenters. The van der Waals surface area contributed by atoms with Crippen molar-refractivity contribution in [3.8, 4) is 11.5 Å². The predicted molar refractivity (Wildman–Crippen MR) is 104 cm³/mol. The van der Waals surface area contributed by atoms with Crippen molar-refractivity contribution >= 4 is 17.3 Å². The summed E-state index contributed by atoms with van der Waals surface area (Å²) in [6, 6.07) is 16.6. The second-order valence-corrected chi connectivity index (χ2v) is 7.02. The van der Waals surface area contributed by atoms with Crippen molar-refractivity contribution in [2.45, 2.75) is 32.9 Å². The van der Waals surface area contributed by atoms with Crippen LogP contribution in [-0.4, -0.2) is 11.9 Å². The van der Waals surface area contributed by atoms with Gasteiger partial charge in [0.2, 0.25) is 6.79 Å². The smallest absolute Gasteiger partial charge is 0.231 e. The molecule has 2 N–H and O–H groups in total. The van der Waals surface area contributed by atoms with Gasteiger partial charge in [0.15, 0.2) is 16.6 Å². The quantitative estimate of drug-likeness (QED) is 0.761. The number of nitrogens with one attached hydrogen (secondary N) is 2. The Hall–Kier alpha value is -2.27. The Morgan fingerprint density at radius 2 is 1.84 bits per heavy atom. The summed E-state index contributed by atoms with van der Waals surface area (Å²) >= 11 is 5.50. The van der Waals surface area contributed by atoms with Crippen LogP contribution in [0.1, 0.15) is 37.4 Å². The Balaban J connectivity index is 1.58. The zero-order valence-corrected chi connectivity index (χ0v) is 15.4. The molecule has 1 heterocycles. The number of hydrogen-bond donors (Lipinski definition) is 2. The molecule has 0 bridgehead atoms. The maximum atomic E-state index is 5.50. The third-order valence-electron chi connectivity index (χ3n) is 4.10. The molecule has 1 aliphatic heterocycles. The van der Waals surface area contributed by atoms with E-state index in [4.69, 9.17) is 21.7 Å². The number of rotatable bonds is 6. The van der Waals surface area contributed by atoms with Gasteiger partial charge in [0.05, 0.1) is 6.04 Å². The van der Waals surface area contributed by atoms with Crippen LogP contribution >= 0.6 is 12.2 Å². The molecule has 2 aromatic carbocycles. The summed E-state index contributed by atoms with van der Waals surface area (Å²) in [5.74, 6) is 2.17. The number of benzene rings is 2. The van der Waals surface area contributed by atoms with Gasteiger partial charge in [-0.1, -0.05) is 50.2 Å². The van der Waals surface area contributed by atoms with E-state index in [9.17, 15) is 0 Å². The summed E-state index contributed by atoms with van der Waals surface area (Å²) in [7, 11) is 0. The van der Waals surface area contributed by atoms with Crippen LogP contribution in [0, 0.1) is 5.92 Å². The normalized spacial score (nSPS) is 13.6. The summed E-state index contributed by atoms with van der Waals surface area (Å²) in [5, 5.41) is 7.40. The molecule has 0 amide bonds. The van der Waals surface area contributed by atoms with Crippen LogP contribution in [0.15, 0.2) is 48.5 Å². The Bertz CT molecular complexity index is 719. The number of ether oxygens (including phenoxy) is 2. The second kappa shape index (κ2) is 8.21. The van der Waals surface area contributed by atoms with Crippen LogP contribution in [0.2, 0.25) is 0 Å². The lowest BCUT2D eigenvalue weighted by molar-refractivity contribution is 0.174. The summed E-state index contributed by atoms with van der Waals surface area (Å²) < 4.78 is 10.8. The molecule has 132 valence electrons. The molecule has 0 saturated carbocycles. The molecule has 0 fully saturated rings. The summed E-state index contributed by atoms with van der Waals surface area (Å²) in [4.78, 5) is 0. The molecular weight excluding hydrogens is 332 g/mol. The average Bonchev–Trinajstić information content (AvgIpc) is 3.07. The van der Waals surface area contributed by atoms with Crippen LogP contribution in [-0.2, 0) is 6.54 Å². The third kappa shape index (κ3) is 4.86. The van der Waals surface area contributed by atoms with Crippen molar-refractivity contribution in [3.05, 3.63) is 59.7 Å². The molecule has 2 aromatic rings. The average molecular weight is 356 g/mol. The number of thiocarbonyl (C=S) groups is 1. The monoisotopic (exact) mass is 356 g/mol. The maximum absolute atomic E-state index is 5.50. The largest absolute Gasteiger partial charge is 0.454 e. The van der Waals surface area contributed by atoms with Crippen LogP contribution in [0.3, 0.4) is 0 Å². The van der Waals surface area contributed by atoms with Crippen molar-refractivity contribution < 1.29 is 9.47 Å². The zero-order valence-electron chi connectivity index (χ0n) is 14.6. The van der Waals surface area contributed by atoms with Gasteiger partial charge in [0.1, 0.15) is 0 Å². The van der Waals surface area contributed by atoms with Gasteiger partial charge in [0.25, 0.3) is 0 Å². The number of hydrogen-bond acceptors (Lipinski definition) is 3. The third-order valence-corrected chi connectivity index (χ3v) is 4.37. The molecule has 0 aromatic heterocycles. The van der Waals surface area contributed by atoms with E-state index in [0.717, 1.165) is 23.5 Å². The van der Waals surface area contributed by atoms with Crippen molar-refractivity contribution in [3.63, 3.8) is 0 Å². The highest BCUT2D eigenvalue weighted by atomic mass is 32.1. The highest BCUT2D eigenvalue weighted by Crippen LogP contribution is 2.32. The van der Waals surface area contributed by atoms with E-state index in [2.05, 4.69) is 48.7 Å². The van der Waals surface area contributed by atoms with Crippen LogP contribution in [0.4, 0.5) is 0 Å². The van der Waals surface area contributed by atoms with Crippen molar-refractivity contribution in [1.29, 1.82) is 0 Å². The summed E-state index contributed by atoms with van der Waals surface area (Å²) in [5.41, 5.74) is 2.36. The molecule has 0 saturated heterocycles. The second-order valence-electron chi connectivity index (χ2n) is 6.61. The Morgan fingerprint density at radius 3 is 2.60 bits per heavy atom. The fourth-order valence-corrected chi connectivity index (χ4v) is 3.09. The van der Waals surface area contributed by atoms with E-state index in [1.165, 1.54) is 5.56 Å². The Labute approximate surface area is 154 Å². The van der Waals surface area contributed by atoms with E-state index in [1.807, 2.05) is 24.3 Å². The van der Waals surface area contributed by atoms with E-state index in [0.29, 0.717) is 24.4 Å². The van der Waals surface area contributed by atoms with Gasteiger partial charge in [-0.25, -0.2) is 0 Å². The van der Waals surface area contributed by atoms with Gasteiger partial charge in [-0.3, -0.25) is 0 Å². The fraction of sp³-hybridized carbons (Fsp3) is 0.350. The molecule has 1 aliphatic rings. The Kier molecular flexibility index (Phi) is 5.76. The molecule has 25 heavy (non-hydrogen) atoms. The van der Waals surface area contributed by atoms with Crippen molar-refractivity contribution in [2.24, 2.45) is 5.92 Å². The first kappa shape index (κ1) is 17.5. The van der Waals surface area contributed by atoms with Gasteiger partial charge in [0, 0.05) is 6.54 Å².